The molecule has 0 bridgehead atoms. The van der Waals surface area contributed by atoms with Gasteiger partial charge in [-0.1, -0.05) is 12.1 Å². The Balaban J connectivity index is 2.41. The zero-order valence-electron chi connectivity index (χ0n) is 11.6. The highest BCUT2D eigenvalue weighted by atomic mass is 16.5. The van der Waals surface area contributed by atoms with E-state index < -0.39 is 0 Å². The predicted octanol–water partition coefficient (Wildman–Crippen LogP) is 1.65. The second kappa shape index (κ2) is 7.01. The molecular weight excluding hydrogens is 228 g/mol. The quantitative estimate of drug-likeness (QED) is 0.834. The fourth-order valence-electron chi connectivity index (χ4n) is 1.50. The summed E-state index contributed by atoms with van der Waals surface area (Å²) in [7, 11) is 3.75. The van der Waals surface area contributed by atoms with E-state index in [-0.39, 0.29) is 12.0 Å². The molecule has 0 spiro atoms. The maximum atomic E-state index is 11.5. The maximum absolute atomic E-state index is 11.5. The maximum Gasteiger partial charge on any atom is 0.234 e. The van der Waals surface area contributed by atoms with E-state index in [1.54, 1.807) is 0 Å². The van der Waals surface area contributed by atoms with Crippen LogP contribution < -0.4 is 10.1 Å². The standard InChI is InChI=1S/C14H22N2O2/c1-11(2)18-13-7-5-12(6-8-13)9-15-14(17)10-16(3)4/h5-8,11H,9-10H2,1-4H3,(H,15,17). The molecule has 0 aliphatic carbocycles. The smallest absolute Gasteiger partial charge is 0.234 e. The Hall–Kier alpha value is -1.55. The minimum absolute atomic E-state index is 0.0301. The average molecular weight is 250 g/mol. The number of rotatable bonds is 6. The third-order valence-electron chi connectivity index (χ3n) is 2.24. The van der Waals surface area contributed by atoms with Gasteiger partial charge in [-0.15, -0.1) is 0 Å². The Morgan fingerprint density at radius 3 is 2.39 bits per heavy atom. The highest BCUT2D eigenvalue weighted by molar-refractivity contribution is 5.77. The van der Waals surface area contributed by atoms with Crippen LogP contribution in [0.4, 0.5) is 0 Å². The molecule has 4 heteroatoms. The Kier molecular flexibility index (Phi) is 5.65. The Bertz CT molecular complexity index is 372. The van der Waals surface area contributed by atoms with Crippen molar-refractivity contribution in [2.45, 2.75) is 26.5 Å². The summed E-state index contributed by atoms with van der Waals surface area (Å²) in [4.78, 5) is 13.3. The molecule has 0 aliphatic heterocycles. The Labute approximate surface area is 109 Å². The lowest BCUT2D eigenvalue weighted by Gasteiger charge is -2.11. The van der Waals surface area contributed by atoms with Gasteiger partial charge in [0.15, 0.2) is 0 Å². The number of nitrogens with one attached hydrogen (secondary N) is 1. The summed E-state index contributed by atoms with van der Waals surface area (Å²) in [5.41, 5.74) is 1.07. The van der Waals surface area contributed by atoms with Crippen LogP contribution in [0.25, 0.3) is 0 Å². The monoisotopic (exact) mass is 250 g/mol. The summed E-state index contributed by atoms with van der Waals surface area (Å²) in [5.74, 6) is 0.885. The van der Waals surface area contributed by atoms with Crippen LogP contribution in [0.2, 0.25) is 0 Å². The normalized spacial score (nSPS) is 10.8. The average Bonchev–Trinajstić information content (AvgIpc) is 2.26. The van der Waals surface area contributed by atoms with Gasteiger partial charge in [-0.05, 0) is 45.6 Å². The third-order valence-corrected chi connectivity index (χ3v) is 2.24. The van der Waals surface area contributed by atoms with Crippen molar-refractivity contribution in [2.75, 3.05) is 20.6 Å². The van der Waals surface area contributed by atoms with Crippen LogP contribution in [-0.4, -0.2) is 37.6 Å². The van der Waals surface area contributed by atoms with Gasteiger partial charge in [0.2, 0.25) is 5.91 Å². The fourth-order valence-corrected chi connectivity index (χ4v) is 1.50. The van der Waals surface area contributed by atoms with Crippen molar-refractivity contribution in [3.05, 3.63) is 29.8 Å². The lowest BCUT2D eigenvalue weighted by atomic mass is 10.2. The van der Waals surface area contributed by atoms with Gasteiger partial charge >= 0.3 is 0 Å². The van der Waals surface area contributed by atoms with E-state index in [0.29, 0.717) is 13.1 Å². The number of nitrogens with zero attached hydrogens (tertiary/aromatic N) is 1. The molecule has 0 unspecified atom stereocenters. The Morgan fingerprint density at radius 2 is 1.89 bits per heavy atom. The number of hydrogen-bond acceptors (Lipinski definition) is 3. The number of likely N-dealkylation sites (N-methyl/N-ethyl adjacent to an activating group) is 1. The molecule has 0 fully saturated rings. The molecule has 0 radical (unpaired) electrons. The lowest BCUT2D eigenvalue weighted by Crippen LogP contribution is -2.32. The summed E-state index contributed by atoms with van der Waals surface area (Å²) in [5, 5.41) is 2.87. The van der Waals surface area contributed by atoms with Crippen molar-refractivity contribution in [1.29, 1.82) is 0 Å². The number of amides is 1. The number of benzene rings is 1. The molecule has 0 saturated heterocycles. The minimum atomic E-state index is 0.0301. The van der Waals surface area contributed by atoms with E-state index in [1.807, 2.05) is 57.1 Å². The first-order valence-electron chi connectivity index (χ1n) is 6.14. The minimum Gasteiger partial charge on any atom is -0.491 e. The summed E-state index contributed by atoms with van der Waals surface area (Å²) in [6.45, 7) is 4.95. The third kappa shape index (κ3) is 5.68. The van der Waals surface area contributed by atoms with Crippen molar-refractivity contribution >= 4 is 5.91 Å². The zero-order chi connectivity index (χ0) is 13.5. The van der Waals surface area contributed by atoms with Crippen LogP contribution in [0.15, 0.2) is 24.3 Å². The van der Waals surface area contributed by atoms with Crippen molar-refractivity contribution in [2.24, 2.45) is 0 Å². The first kappa shape index (κ1) is 14.5. The van der Waals surface area contributed by atoms with Gasteiger partial charge in [-0.3, -0.25) is 4.79 Å². The molecule has 0 atom stereocenters. The molecule has 1 rings (SSSR count). The number of ether oxygens (including phenoxy) is 1. The van der Waals surface area contributed by atoms with Gasteiger partial charge in [0, 0.05) is 6.54 Å². The molecule has 0 aliphatic rings. The summed E-state index contributed by atoms with van der Waals surface area (Å²) in [6.07, 6.45) is 0.177. The van der Waals surface area contributed by atoms with E-state index in [9.17, 15) is 4.79 Å². The molecule has 0 heterocycles. The van der Waals surface area contributed by atoms with Crippen LogP contribution in [-0.2, 0) is 11.3 Å². The van der Waals surface area contributed by atoms with Crippen LogP contribution in [0.3, 0.4) is 0 Å². The summed E-state index contributed by atoms with van der Waals surface area (Å²) >= 11 is 0. The SMILES string of the molecule is CC(C)Oc1ccc(CNC(=O)CN(C)C)cc1. The van der Waals surface area contributed by atoms with E-state index in [0.717, 1.165) is 11.3 Å². The van der Waals surface area contributed by atoms with Crippen LogP contribution in [0.5, 0.6) is 5.75 Å². The molecule has 1 aromatic rings. The summed E-state index contributed by atoms with van der Waals surface area (Å²) in [6, 6.07) is 7.78. The van der Waals surface area contributed by atoms with Crippen molar-refractivity contribution in [3.8, 4) is 5.75 Å². The number of carbonyl (C=O) groups excluding carboxylic acids is 1. The topological polar surface area (TPSA) is 41.6 Å². The predicted molar refractivity (Wildman–Crippen MR) is 72.6 cm³/mol. The van der Waals surface area contributed by atoms with Gasteiger partial charge in [0.05, 0.1) is 12.6 Å². The fraction of sp³-hybridized carbons (Fsp3) is 0.500. The summed E-state index contributed by atoms with van der Waals surface area (Å²) < 4.78 is 5.55. The Morgan fingerprint density at radius 1 is 1.28 bits per heavy atom. The molecule has 100 valence electrons. The van der Waals surface area contributed by atoms with Gasteiger partial charge in [0.1, 0.15) is 5.75 Å². The van der Waals surface area contributed by atoms with Gasteiger partial charge < -0.3 is 15.0 Å². The second-order valence-electron chi connectivity index (χ2n) is 4.83. The van der Waals surface area contributed by atoms with Gasteiger partial charge in [-0.25, -0.2) is 0 Å². The van der Waals surface area contributed by atoms with E-state index in [1.165, 1.54) is 0 Å². The van der Waals surface area contributed by atoms with Crippen molar-refractivity contribution < 1.29 is 9.53 Å². The first-order chi connectivity index (χ1) is 8.47. The molecule has 0 saturated carbocycles. The van der Waals surface area contributed by atoms with Crippen molar-refractivity contribution in [1.82, 2.24) is 10.2 Å². The first-order valence-corrected chi connectivity index (χ1v) is 6.14. The second-order valence-corrected chi connectivity index (χ2v) is 4.83. The van der Waals surface area contributed by atoms with Gasteiger partial charge in [-0.2, -0.15) is 0 Å². The van der Waals surface area contributed by atoms with Gasteiger partial charge in [0.25, 0.3) is 0 Å². The van der Waals surface area contributed by atoms with Crippen molar-refractivity contribution in [3.63, 3.8) is 0 Å². The largest absolute Gasteiger partial charge is 0.491 e. The zero-order valence-corrected chi connectivity index (χ0v) is 11.6. The number of hydrogen-bond donors (Lipinski definition) is 1. The highest BCUT2D eigenvalue weighted by Gasteiger charge is 2.03. The molecule has 4 nitrogen and oxygen atoms in total. The van der Waals surface area contributed by atoms with Crippen LogP contribution in [0, 0.1) is 0 Å². The molecule has 1 N–H and O–H groups in total. The molecule has 0 aromatic heterocycles. The van der Waals surface area contributed by atoms with E-state index in [4.69, 9.17) is 4.74 Å². The molecular formula is C14H22N2O2. The molecule has 1 amide bonds. The van der Waals surface area contributed by atoms with E-state index >= 15 is 0 Å². The van der Waals surface area contributed by atoms with E-state index in [2.05, 4.69) is 5.32 Å². The molecule has 18 heavy (non-hydrogen) atoms. The van der Waals surface area contributed by atoms with Crippen LogP contribution >= 0.6 is 0 Å². The lowest BCUT2D eigenvalue weighted by molar-refractivity contribution is -0.121. The number of carbonyl (C=O) groups is 1. The highest BCUT2D eigenvalue weighted by Crippen LogP contribution is 2.13. The van der Waals surface area contributed by atoms with Crippen LogP contribution in [0.1, 0.15) is 19.4 Å². The molecule has 1 aromatic carbocycles.